The number of rotatable bonds is 8. The van der Waals surface area contributed by atoms with E-state index in [1.165, 1.54) is 5.56 Å². The van der Waals surface area contributed by atoms with Crippen LogP contribution < -0.4 is 15.2 Å². The van der Waals surface area contributed by atoms with E-state index in [4.69, 9.17) is 11.2 Å². The zero-order valence-electron chi connectivity index (χ0n) is 17.3. The van der Waals surface area contributed by atoms with E-state index in [9.17, 15) is 4.79 Å². The van der Waals surface area contributed by atoms with Gasteiger partial charge in [-0.25, -0.2) is 4.98 Å². The fourth-order valence-electron chi connectivity index (χ4n) is 3.61. The van der Waals surface area contributed by atoms with Gasteiger partial charge in [-0.2, -0.15) is 0 Å². The van der Waals surface area contributed by atoms with Crippen LogP contribution in [0.3, 0.4) is 0 Å². The number of aromatic amines is 1. The van der Waals surface area contributed by atoms with E-state index in [-0.39, 0.29) is 43.3 Å². The number of benzene rings is 1. The Morgan fingerprint density at radius 3 is 2.50 bits per heavy atom. The van der Waals surface area contributed by atoms with Gasteiger partial charge < -0.3 is 23.5 Å². The summed E-state index contributed by atoms with van der Waals surface area (Å²) < 4.78 is 5.42. The molecule has 1 N–H and O–H groups in total. The SMILES string of the molecule is C#CCOc1ccc(CN2CCC(c3cc(=O)[nH]c(N(C[CH2-])C[CH2-])n3)CC2)cc1.[U+2]. The number of nitrogens with zero attached hydrogens (tertiary/aromatic N) is 3. The van der Waals surface area contributed by atoms with Gasteiger partial charge in [0.15, 0.2) is 0 Å². The van der Waals surface area contributed by atoms with Crippen molar-refractivity contribution >= 4 is 5.95 Å². The number of terminal acetylenes is 1. The van der Waals surface area contributed by atoms with E-state index >= 15 is 0 Å². The molecule has 0 amide bonds. The molecule has 156 valence electrons. The number of likely N-dealkylation sites (tertiary alicyclic amines) is 1. The van der Waals surface area contributed by atoms with Gasteiger partial charge in [0.05, 0.1) is 5.69 Å². The van der Waals surface area contributed by atoms with Gasteiger partial charge in [0.25, 0.3) is 5.56 Å². The topological polar surface area (TPSA) is 61.5 Å². The van der Waals surface area contributed by atoms with Crippen LogP contribution in [0.5, 0.6) is 5.75 Å². The fourth-order valence-corrected chi connectivity index (χ4v) is 3.61. The standard InChI is InChI=1S/C23H28N4O2.U/c1-4-15-29-20-9-7-18(8-10-20)17-26-13-11-19(12-14-26)21-16-22(28)25-23(24-21)27(5-2)6-3;/h1,7-10,16,19H,2-3,5-6,11-15,17H2,(H,24,25,28);/q-2;+2. The molecular formula is C23H28N4O2U. The second-order valence-corrected chi connectivity index (χ2v) is 7.17. The van der Waals surface area contributed by atoms with Crippen molar-refractivity contribution in [3.8, 4) is 18.1 Å². The van der Waals surface area contributed by atoms with Crippen molar-refractivity contribution in [3.05, 3.63) is 65.8 Å². The third-order valence-electron chi connectivity index (χ3n) is 5.25. The van der Waals surface area contributed by atoms with Crippen molar-refractivity contribution in [2.24, 2.45) is 0 Å². The summed E-state index contributed by atoms with van der Waals surface area (Å²) in [5.74, 6) is 4.12. The number of anilines is 1. The quantitative estimate of drug-likeness (QED) is 0.359. The molecule has 0 unspecified atom stereocenters. The Bertz CT molecular complexity index is 879. The predicted molar refractivity (Wildman–Crippen MR) is 116 cm³/mol. The van der Waals surface area contributed by atoms with Crippen molar-refractivity contribution in [1.29, 1.82) is 0 Å². The Balaban J connectivity index is 0.00000320. The minimum absolute atomic E-state index is 0. The number of H-pyrrole nitrogens is 1. The average Bonchev–Trinajstić information content (AvgIpc) is 2.74. The first-order chi connectivity index (χ1) is 14.1. The van der Waals surface area contributed by atoms with E-state index in [0.29, 0.717) is 25.0 Å². The van der Waals surface area contributed by atoms with Crippen LogP contribution in [0.15, 0.2) is 35.1 Å². The number of nitrogens with one attached hydrogen (secondary N) is 1. The normalized spacial score (nSPS) is 14.6. The summed E-state index contributed by atoms with van der Waals surface area (Å²) in [5, 5.41) is 0. The molecule has 1 aliphatic heterocycles. The number of hydrogen-bond donors (Lipinski definition) is 1. The van der Waals surface area contributed by atoms with Gasteiger partial charge in [-0.1, -0.05) is 18.1 Å². The van der Waals surface area contributed by atoms with E-state index < -0.39 is 0 Å². The smallest absolute Gasteiger partial charge is 0.481 e. The third kappa shape index (κ3) is 6.64. The molecule has 2 heterocycles. The van der Waals surface area contributed by atoms with Crippen molar-refractivity contribution < 1.29 is 35.9 Å². The Hall–Kier alpha value is -1.73. The van der Waals surface area contributed by atoms with Crippen molar-refractivity contribution in [3.63, 3.8) is 0 Å². The second kappa shape index (κ2) is 12.2. The summed E-state index contributed by atoms with van der Waals surface area (Å²) >= 11 is 0. The summed E-state index contributed by atoms with van der Waals surface area (Å²) in [5.41, 5.74) is 1.99. The summed E-state index contributed by atoms with van der Waals surface area (Å²) in [6.45, 7) is 11.9. The van der Waals surface area contributed by atoms with E-state index in [2.05, 4.69) is 46.8 Å². The molecule has 1 aromatic heterocycles. The van der Waals surface area contributed by atoms with Crippen molar-refractivity contribution in [1.82, 2.24) is 14.9 Å². The largest absolute Gasteiger partial charge is 2.00 e. The molecule has 0 atom stereocenters. The number of ether oxygens (including phenoxy) is 1. The van der Waals surface area contributed by atoms with Gasteiger partial charge in [-0.15, -0.1) is 19.5 Å². The molecule has 2 aromatic rings. The summed E-state index contributed by atoms with van der Waals surface area (Å²) in [6.07, 6.45) is 7.18. The van der Waals surface area contributed by atoms with Gasteiger partial charge in [0.2, 0.25) is 5.95 Å². The molecule has 1 aliphatic rings. The monoisotopic (exact) mass is 630 g/mol. The van der Waals surface area contributed by atoms with Gasteiger partial charge in [0.1, 0.15) is 12.4 Å². The summed E-state index contributed by atoms with van der Waals surface area (Å²) in [4.78, 5) is 23.9. The van der Waals surface area contributed by atoms with Gasteiger partial charge in [-0.05, 0) is 43.6 Å². The summed E-state index contributed by atoms with van der Waals surface area (Å²) in [6, 6.07) is 9.70. The maximum Gasteiger partial charge on any atom is 2.00 e. The first-order valence-corrected chi connectivity index (χ1v) is 9.95. The second-order valence-electron chi connectivity index (χ2n) is 7.17. The van der Waals surface area contributed by atoms with E-state index in [0.717, 1.165) is 43.9 Å². The van der Waals surface area contributed by atoms with Crippen LogP contribution in [-0.2, 0) is 6.54 Å². The molecule has 0 saturated carbocycles. The van der Waals surface area contributed by atoms with Gasteiger partial charge >= 0.3 is 31.1 Å². The minimum Gasteiger partial charge on any atom is -0.481 e. The molecule has 3 rings (SSSR count). The molecule has 6 nitrogen and oxygen atoms in total. The number of aromatic nitrogens is 2. The van der Waals surface area contributed by atoms with Crippen LogP contribution in [0.2, 0.25) is 0 Å². The molecule has 1 aromatic carbocycles. The van der Waals surface area contributed by atoms with Crippen molar-refractivity contribution in [2.75, 3.05) is 37.7 Å². The van der Waals surface area contributed by atoms with Crippen LogP contribution >= 0.6 is 0 Å². The zero-order chi connectivity index (χ0) is 20.6. The predicted octanol–water partition coefficient (Wildman–Crippen LogP) is 2.64. The first-order valence-electron chi connectivity index (χ1n) is 9.95. The maximum absolute atomic E-state index is 12.1. The number of hydrogen-bond acceptors (Lipinski definition) is 5. The third-order valence-corrected chi connectivity index (χ3v) is 5.25. The molecule has 1 saturated heterocycles. The molecule has 0 spiro atoms. The van der Waals surface area contributed by atoms with E-state index in [1.54, 1.807) is 6.07 Å². The average molecular weight is 631 g/mol. The van der Waals surface area contributed by atoms with E-state index in [1.807, 2.05) is 17.0 Å². The molecule has 7 heteroatoms. The van der Waals surface area contributed by atoms with Crippen LogP contribution in [0.25, 0.3) is 0 Å². The summed E-state index contributed by atoms with van der Waals surface area (Å²) in [7, 11) is 0. The van der Waals surface area contributed by atoms with Gasteiger partial charge in [0, 0.05) is 18.5 Å². The Morgan fingerprint density at radius 2 is 1.90 bits per heavy atom. The first kappa shape index (κ1) is 24.5. The fraction of sp³-hybridized carbons (Fsp3) is 0.391. The maximum atomic E-state index is 12.1. The zero-order valence-corrected chi connectivity index (χ0v) is 21.4. The van der Waals surface area contributed by atoms with Crippen LogP contribution in [0.4, 0.5) is 5.95 Å². The Labute approximate surface area is 202 Å². The molecular weight excluding hydrogens is 602 g/mol. The minimum atomic E-state index is -0.119. The van der Waals surface area contributed by atoms with Crippen LogP contribution in [0, 0.1) is 57.3 Å². The Morgan fingerprint density at radius 1 is 1.23 bits per heavy atom. The molecule has 0 radical (unpaired) electrons. The molecule has 30 heavy (non-hydrogen) atoms. The van der Waals surface area contributed by atoms with Crippen LogP contribution in [0.1, 0.15) is 30.0 Å². The molecule has 0 aliphatic carbocycles. The molecule has 1 fully saturated rings. The molecule has 0 bridgehead atoms. The Kier molecular flexibility index (Phi) is 9.98. The number of piperidine rings is 1. The van der Waals surface area contributed by atoms with Crippen LogP contribution in [-0.4, -0.2) is 47.7 Å². The van der Waals surface area contributed by atoms with Crippen molar-refractivity contribution in [2.45, 2.75) is 25.3 Å². The van der Waals surface area contributed by atoms with Gasteiger partial charge in [-0.3, -0.25) is 14.7 Å².